The van der Waals surface area contributed by atoms with Gasteiger partial charge in [0.15, 0.2) is 0 Å². The second-order valence-electron chi connectivity index (χ2n) is 6.12. The number of hydrogen-bond acceptors (Lipinski definition) is 5. The van der Waals surface area contributed by atoms with Crippen molar-refractivity contribution in [2.45, 2.75) is 19.9 Å². The average molecular weight is 428 g/mol. The van der Waals surface area contributed by atoms with E-state index >= 15 is 0 Å². The number of aromatic carboxylic acids is 1. The standard InChI is InChI=1S/C19H15N3O2SSe/c1-11-17(19(23)24)26-18(21-11)12-2-3-15(14(8-12)9-20)22-6-4-16-13(10-22)5-7-25-16/h2-3,5,7-8H,4,6,10H2,1H3,(H,23,24). The van der Waals surface area contributed by atoms with E-state index in [1.807, 2.05) is 18.2 Å². The topological polar surface area (TPSA) is 77.2 Å². The molecule has 0 atom stereocenters. The summed E-state index contributed by atoms with van der Waals surface area (Å²) in [6.07, 6.45) is 1.00. The number of carboxylic acids is 1. The number of aromatic nitrogens is 1. The number of thiophene rings is 1. The van der Waals surface area contributed by atoms with Crippen molar-refractivity contribution in [2.75, 3.05) is 11.4 Å². The molecule has 1 N–H and O–H groups in total. The van der Waals surface area contributed by atoms with Crippen molar-refractivity contribution in [3.8, 4) is 16.2 Å². The van der Waals surface area contributed by atoms with Crippen molar-refractivity contribution in [1.82, 2.24) is 4.98 Å². The molecule has 5 nitrogen and oxygen atoms in total. The third-order valence-corrected chi connectivity index (χ3v) is 8.03. The molecular formula is C19H15N3O2SSe. The number of aryl methyl sites for hydroxylation is 1. The van der Waals surface area contributed by atoms with E-state index < -0.39 is 5.97 Å². The summed E-state index contributed by atoms with van der Waals surface area (Å²) in [6, 6.07) is 10.2. The Labute approximate surface area is 160 Å². The molecule has 1 aliphatic heterocycles. The summed E-state index contributed by atoms with van der Waals surface area (Å²) in [6.45, 7) is 3.45. The number of nitrogens with zero attached hydrogens (tertiary/aromatic N) is 3. The van der Waals surface area contributed by atoms with E-state index in [-0.39, 0.29) is 14.5 Å². The number of anilines is 1. The van der Waals surface area contributed by atoms with Crippen LogP contribution in [-0.4, -0.2) is 37.1 Å². The van der Waals surface area contributed by atoms with E-state index in [9.17, 15) is 15.2 Å². The van der Waals surface area contributed by atoms with Crippen LogP contribution in [-0.2, 0) is 13.0 Å². The summed E-state index contributed by atoms with van der Waals surface area (Å²) in [4.78, 5) is 19.4. The molecule has 0 amide bonds. The normalized spacial score (nSPS) is 13.3. The minimum atomic E-state index is -0.904. The van der Waals surface area contributed by atoms with E-state index in [1.54, 1.807) is 18.3 Å². The molecule has 0 bridgehead atoms. The zero-order valence-corrected chi connectivity index (χ0v) is 16.6. The quantitative estimate of drug-likeness (QED) is 0.648. The summed E-state index contributed by atoms with van der Waals surface area (Å²) in [5.41, 5.74) is 4.29. The van der Waals surface area contributed by atoms with Crippen LogP contribution < -0.4 is 4.90 Å². The number of fused-ring (bicyclic) bond motifs is 1. The van der Waals surface area contributed by atoms with Crippen molar-refractivity contribution >= 4 is 37.5 Å². The minimum absolute atomic E-state index is 0.332. The molecule has 0 radical (unpaired) electrons. The van der Waals surface area contributed by atoms with Gasteiger partial charge in [0.2, 0.25) is 0 Å². The summed E-state index contributed by atoms with van der Waals surface area (Å²) < 4.78 is 1.16. The number of nitriles is 1. The van der Waals surface area contributed by atoms with Gasteiger partial charge in [-0.15, -0.1) is 0 Å². The van der Waals surface area contributed by atoms with Gasteiger partial charge in [0, 0.05) is 0 Å². The maximum atomic E-state index is 11.3. The van der Waals surface area contributed by atoms with Gasteiger partial charge in [-0.1, -0.05) is 0 Å². The molecule has 0 fully saturated rings. The Morgan fingerprint density at radius 1 is 1.42 bits per heavy atom. The van der Waals surface area contributed by atoms with Crippen molar-refractivity contribution in [1.29, 1.82) is 5.26 Å². The second-order valence-corrected chi connectivity index (χ2v) is 9.22. The Bertz CT molecular complexity index is 1050. The van der Waals surface area contributed by atoms with E-state index in [2.05, 4.69) is 27.4 Å². The molecule has 26 heavy (non-hydrogen) atoms. The van der Waals surface area contributed by atoms with Crippen LogP contribution in [0.1, 0.15) is 30.9 Å². The Balaban J connectivity index is 1.68. The first-order valence-electron chi connectivity index (χ1n) is 8.12. The van der Waals surface area contributed by atoms with Gasteiger partial charge >= 0.3 is 161 Å². The predicted molar refractivity (Wildman–Crippen MR) is 102 cm³/mol. The summed E-state index contributed by atoms with van der Waals surface area (Å²) in [5.74, 6) is -0.904. The molecule has 1 aliphatic rings. The molecule has 0 spiro atoms. The molecule has 3 aromatic rings. The summed E-state index contributed by atoms with van der Waals surface area (Å²) in [7, 11) is 0. The second kappa shape index (κ2) is 6.73. The third kappa shape index (κ3) is 2.97. The molecule has 4 rings (SSSR count). The number of carboxylic acid groups (broad SMARTS) is 1. The van der Waals surface area contributed by atoms with Crippen LogP contribution in [0.3, 0.4) is 0 Å². The van der Waals surface area contributed by atoms with Gasteiger partial charge in [-0.2, -0.15) is 0 Å². The van der Waals surface area contributed by atoms with Gasteiger partial charge in [0.05, 0.1) is 0 Å². The first-order valence-corrected chi connectivity index (χ1v) is 10.7. The van der Waals surface area contributed by atoms with E-state index in [0.29, 0.717) is 15.7 Å². The molecule has 1 aromatic carbocycles. The van der Waals surface area contributed by atoms with Gasteiger partial charge < -0.3 is 0 Å². The molecule has 0 saturated carbocycles. The monoisotopic (exact) mass is 429 g/mol. The van der Waals surface area contributed by atoms with Crippen LogP contribution in [0.5, 0.6) is 0 Å². The van der Waals surface area contributed by atoms with E-state index in [1.165, 1.54) is 10.4 Å². The Hall–Kier alpha value is -2.39. The fourth-order valence-electron chi connectivity index (χ4n) is 3.21. The fourth-order valence-corrected chi connectivity index (χ4v) is 5.99. The van der Waals surface area contributed by atoms with E-state index in [0.717, 1.165) is 35.3 Å². The van der Waals surface area contributed by atoms with Crippen LogP contribution in [0.2, 0.25) is 0 Å². The van der Waals surface area contributed by atoms with Gasteiger partial charge in [0.25, 0.3) is 0 Å². The molecule has 130 valence electrons. The van der Waals surface area contributed by atoms with Crippen LogP contribution in [0.4, 0.5) is 5.69 Å². The fraction of sp³-hybridized carbons (Fsp3) is 0.211. The van der Waals surface area contributed by atoms with Gasteiger partial charge in [-0.3, -0.25) is 0 Å². The molecule has 3 heterocycles. The van der Waals surface area contributed by atoms with Gasteiger partial charge in [0.1, 0.15) is 0 Å². The van der Waals surface area contributed by atoms with Crippen molar-refractivity contribution in [3.05, 3.63) is 55.8 Å². The van der Waals surface area contributed by atoms with Crippen LogP contribution in [0.25, 0.3) is 10.1 Å². The average Bonchev–Trinajstić information content (AvgIpc) is 3.26. The molecule has 7 heteroatoms. The predicted octanol–water partition coefficient (Wildman–Crippen LogP) is 3.31. The van der Waals surface area contributed by atoms with Crippen molar-refractivity contribution < 1.29 is 9.90 Å². The summed E-state index contributed by atoms with van der Waals surface area (Å²) in [5, 5.41) is 21.0. The molecule has 2 aromatic heterocycles. The SMILES string of the molecule is Cc1nc(-c2ccc(N3CCc4sccc4C3)c(C#N)c2)[se]c1C(=O)O. The first kappa shape index (κ1) is 17.0. The number of hydrogen-bond donors (Lipinski definition) is 1. The number of carbonyl (C=O) groups is 1. The van der Waals surface area contributed by atoms with Crippen LogP contribution >= 0.6 is 11.3 Å². The Morgan fingerprint density at radius 2 is 2.27 bits per heavy atom. The zero-order valence-electron chi connectivity index (χ0n) is 14.0. The molecule has 0 saturated heterocycles. The van der Waals surface area contributed by atoms with Crippen molar-refractivity contribution in [3.63, 3.8) is 0 Å². The number of benzene rings is 1. The first-order chi connectivity index (χ1) is 12.6. The van der Waals surface area contributed by atoms with Crippen molar-refractivity contribution in [2.24, 2.45) is 0 Å². The van der Waals surface area contributed by atoms with Gasteiger partial charge in [-0.25, -0.2) is 0 Å². The Morgan fingerprint density at radius 3 is 3.00 bits per heavy atom. The molecule has 0 aliphatic carbocycles. The molecule has 0 unspecified atom stereocenters. The van der Waals surface area contributed by atoms with E-state index in [4.69, 9.17) is 0 Å². The number of rotatable bonds is 3. The summed E-state index contributed by atoms with van der Waals surface area (Å²) >= 11 is 1.46. The van der Waals surface area contributed by atoms with Crippen LogP contribution in [0, 0.1) is 18.3 Å². The molecular weight excluding hydrogens is 413 g/mol. The maximum absolute atomic E-state index is 11.3. The Kier molecular flexibility index (Phi) is 4.41. The zero-order chi connectivity index (χ0) is 18.3. The van der Waals surface area contributed by atoms with Gasteiger partial charge in [-0.05, 0) is 0 Å². The van der Waals surface area contributed by atoms with Crippen LogP contribution in [0.15, 0.2) is 29.6 Å². The third-order valence-electron chi connectivity index (χ3n) is 4.50.